The third-order valence-corrected chi connectivity index (χ3v) is 3.37. The fraction of sp³-hybridized carbons (Fsp3) is 0.533. The molecule has 0 bridgehead atoms. The Morgan fingerprint density at radius 1 is 1.40 bits per heavy atom. The zero-order chi connectivity index (χ0) is 14.4. The van der Waals surface area contributed by atoms with Gasteiger partial charge in [0.2, 0.25) is 5.91 Å². The van der Waals surface area contributed by atoms with E-state index >= 15 is 0 Å². The van der Waals surface area contributed by atoms with E-state index in [-0.39, 0.29) is 11.9 Å². The number of rotatable bonds is 6. The van der Waals surface area contributed by atoms with Crippen molar-refractivity contribution < 1.29 is 14.3 Å². The van der Waals surface area contributed by atoms with Gasteiger partial charge < -0.3 is 20.1 Å². The van der Waals surface area contributed by atoms with Crippen LogP contribution in [0.3, 0.4) is 0 Å². The molecule has 1 heterocycles. The quantitative estimate of drug-likeness (QED) is 0.827. The van der Waals surface area contributed by atoms with Crippen LogP contribution in [-0.2, 0) is 11.3 Å². The molecule has 110 valence electrons. The molecular formula is C15H22N2O3. The van der Waals surface area contributed by atoms with Gasteiger partial charge in [-0.3, -0.25) is 4.79 Å². The van der Waals surface area contributed by atoms with Crippen LogP contribution in [0.2, 0.25) is 0 Å². The van der Waals surface area contributed by atoms with Crippen LogP contribution >= 0.6 is 0 Å². The molecule has 2 rings (SSSR count). The third-order valence-electron chi connectivity index (χ3n) is 3.37. The molecule has 5 nitrogen and oxygen atoms in total. The van der Waals surface area contributed by atoms with Gasteiger partial charge in [0.1, 0.15) is 0 Å². The highest BCUT2D eigenvalue weighted by molar-refractivity contribution is 5.82. The molecule has 1 fully saturated rings. The first-order valence-electron chi connectivity index (χ1n) is 7.05. The summed E-state index contributed by atoms with van der Waals surface area (Å²) in [6.45, 7) is 3.96. The largest absolute Gasteiger partial charge is 0.493 e. The molecule has 0 saturated carbocycles. The summed E-state index contributed by atoms with van der Waals surface area (Å²) in [4.78, 5) is 11.7. The van der Waals surface area contributed by atoms with E-state index in [9.17, 15) is 4.79 Å². The number of amides is 1. The summed E-state index contributed by atoms with van der Waals surface area (Å²) in [5.74, 6) is 1.56. The Labute approximate surface area is 119 Å². The third kappa shape index (κ3) is 3.63. The summed E-state index contributed by atoms with van der Waals surface area (Å²) in [7, 11) is 1.63. The van der Waals surface area contributed by atoms with Crippen molar-refractivity contribution in [3.63, 3.8) is 0 Å². The first-order chi connectivity index (χ1) is 9.74. The van der Waals surface area contributed by atoms with Gasteiger partial charge in [-0.25, -0.2) is 0 Å². The molecule has 1 atom stereocenters. The minimum absolute atomic E-state index is 0.0924. The molecule has 1 aromatic rings. The van der Waals surface area contributed by atoms with Crippen molar-refractivity contribution >= 4 is 5.91 Å². The number of nitrogens with one attached hydrogen (secondary N) is 2. The first-order valence-corrected chi connectivity index (χ1v) is 7.05. The number of carbonyl (C=O) groups excluding carboxylic acids is 1. The Bertz CT molecular complexity index is 462. The smallest absolute Gasteiger partial charge is 0.237 e. The lowest BCUT2D eigenvalue weighted by Crippen LogP contribution is -2.47. The summed E-state index contributed by atoms with van der Waals surface area (Å²) >= 11 is 0. The van der Waals surface area contributed by atoms with E-state index in [2.05, 4.69) is 10.6 Å². The molecule has 1 aliphatic heterocycles. The van der Waals surface area contributed by atoms with Gasteiger partial charge in [-0.1, -0.05) is 6.07 Å². The molecule has 0 radical (unpaired) electrons. The number of carbonyl (C=O) groups is 1. The molecular weight excluding hydrogens is 256 g/mol. The maximum Gasteiger partial charge on any atom is 0.237 e. The van der Waals surface area contributed by atoms with Crippen LogP contribution in [0.1, 0.15) is 25.3 Å². The SMILES string of the molecule is CCOc1cc(CNC2CCCNC2=O)ccc1OC. The van der Waals surface area contributed by atoms with Crippen LogP contribution < -0.4 is 20.1 Å². The second-order valence-corrected chi connectivity index (χ2v) is 4.78. The fourth-order valence-corrected chi connectivity index (χ4v) is 2.31. The number of hydrogen-bond donors (Lipinski definition) is 2. The molecule has 0 aliphatic carbocycles. The predicted octanol–water partition coefficient (Wildman–Crippen LogP) is 1.46. The van der Waals surface area contributed by atoms with E-state index in [1.54, 1.807) is 7.11 Å². The molecule has 1 saturated heterocycles. The van der Waals surface area contributed by atoms with Crippen molar-refractivity contribution in [2.75, 3.05) is 20.3 Å². The van der Waals surface area contributed by atoms with Gasteiger partial charge in [-0.2, -0.15) is 0 Å². The predicted molar refractivity (Wildman–Crippen MR) is 77.0 cm³/mol. The number of hydrogen-bond acceptors (Lipinski definition) is 4. The van der Waals surface area contributed by atoms with Crippen molar-refractivity contribution in [1.29, 1.82) is 0 Å². The van der Waals surface area contributed by atoms with Crippen molar-refractivity contribution in [3.8, 4) is 11.5 Å². The van der Waals surface area contributed by atoms with Crippen molar-refractivity contribution in [2.24, 2.45) is 0 Å². The zero-order valence-electron chi connectivity index (χ0n) is 12.1. The summed E-state index contributed by atoms with van der Waals surface area (Å²) in [6, 6.07) is 5.73. The zero-order valence-corrected chi connectivity index (χ0v) is 12.1. The van der Waals surface area contributed by atoms with Gasteiger partial charge in [0, 0.05) is 13.1 Å². The Morgan fingerprint density at radius 2 is 2.25 bits per heavy atom. The summed E-state index contributed by atoms with van der Waals surface area (Å²) in [6.07, 6.45) is 1.91. The second kappa shape index (κ2) is 7.14. The standard InChI is InChI=1S/C15H22N2O3/c1-3-20-14-9-11(6-7-13(14)19-2)10-17-12-5-4-8-16-15(12)18/h6-7,9,12,17H,3-5,8,10H2,1-2H3,(H,16,18). The maximum absolute atomic E-state index is 11.7. The van der Waals surface area contributed by atoms with E-state index in [0.717, 1.165) is 36.4 Å². The molecule has 0 spiro atoms. The number of methoxy groups -OCH3 is 1. The van der Waals surface area contributed by atoms with Crippen LogP contribution in [0, 0.1) is 0 Å². The Hall–Kier alpha value is -1.75. The van der Waals surface area contributed by atoms with Gasteiger partial charge in [0.25, 0.3) is 0 Å². The van der Waals surface area contributed by atoms with Gasteiger partial charge >= 0.3 is 0 Å². The fourth-order valence-electron chi connectivity index (χ4n) is 2.31. The number of piperidine rings is 1. The highest BCUT2D eigenvalue weighted by atomic mass is 16.5. The van der Waals surface area contributed by atoms with Crippen LogP contribution in [0.4, 0.5) is 0 Å². The lowest BCUT2D eigenvalue weighted by atomic mass is 10.1. The lowest BCUT2D eigenvalue weighted by Gasteiger charge is -2.23. The Morgan fingerprint density at radius 3 is 2.95 bits per heavy atom. The summed E-state index contributed by atoms with van der Waals surface area (Å²) in [5, 5.41) is 6.16. The van der Waals surface area contributed by atoms with E-state index in [1.165, 1.54) is 0 Å². The summed E-state index contributed by atoms with van der Waals surface area (Å²) in [5.41, 5.74) is 1.08. The molecule has 1 unspecified atom stereocenters. The molecule has 1 aliphatic rings. The highest BCUT2D eigenvalue weighted by Crippen LogP contribution is 2.28. The van der Waals surface area contributed by atoms with Crippen molar-refractivity contribution in [3.05, 3.63) is 23.8 Å². The van der Waals surface area contributed by atoms with E-state index in [1.807, 2.05) is 25.1 Å². The Kier molecular flexibility index (Phi) is 5.24. The van der Waals surface area contributed by atoms with Crippen LogP contribution in [0.15, 0.2) is 18.2 Å². The minimum atomic E-state index is -0.0959. The topological polar surface area (TPSA) is 59.6 Å². The molecule has 2 N–H and O–H groups in total. The molecule has 20 heavy (non-hydrogen) atoms. The average Bonchev–Trinajstić information content (AvgIpc) is 2.47. The van der Waals surface area contributed by atoms with E-state index < -0.39 is 0 Å². The first kappa shape index (κ1) is 14.7. The van der Waals surface area contributed by atoms with Crippen molar-refractivity contribution in [2.45, 2.75) is 32.4 Å². The van der Waals surface area contributed by atoms with Gasteiger partial charge in [0.15, 0.2) is 11.5 Å². The highest BCUT2D eigenvalue weighted by Gasteiger charge is 2.21. The van der Waals surface area contributed by atoms with Gasteiger partial charge in [-0.05, 0) is 37.5 Å². The normalized spacial score (nSPS) is 18.5. The van der Waals surface area contributed by atoms with Gasteiger partial charge in [-0.15, -0.1) is 0 Å². The van der Waals surface area contributed by atoms with Gasteiger partial charge in [0.05, 0.1) is 19.8 Å². The van der Waals surface area contributed by atoms with Crippen LogP contribution in [-0.4, -0.2) is 32.2 Å². The monoisotopic (exact) mass is 278 g/mol. The lowest BCUT2D eigenvalue weighted by molar-refractivity contribution is -0.124. The molecule has 1 aromatic carbocycles. The van der Waals surface area contributed by atoms with E-state index in [0.29, 0.717) is 13.2 Å². The number of ether oxygens (including phenoxy) is 2. The molecule has 0 aromatic heterocycles. The average molecular weight is 278 g/mol. The van der Waals surface area contributed by atoms with Crippen molar-refractivity contribution in [1.82, 2.24) is 10.6 Å². The summed E-state index contributed by atoms with van der Waals surface area (Å²) < 4.78 is 10.8. The minimum Gasteiger partial charge on any atom is -0.493 e. The van der Waals surface area contributed by atoms with Crippen LogP contribution in [0.25, 0.3) is 0 Å². The van der Waals surface area contributed by atoms with E-state index in [4.69, 9.17) is 9.47 Å². The van der Waals surface area contributed by atoms with Crippen LogP contribution in [0.5, 0.6) is 11.5 Å². The molecule has 5 heteroatoms. The second-order valence-electron chi connectivity index (χ2n) is 4.78. The maximum atomic E-state index is 11.7. The Balaban J connectivity index is 1.98. The molecule has 1 amide bonds. The number of benzene rings is 1.